The van der Waals surface area contributed by atoms with Crippen LogP contribution in [0.25, 0.3) is 0 Å². The van der Waals surface area contributed by atoms with Gasteiger partial charge in [0, 0.05) is 12.5 Å². The van der Waals surface area contributed by atoms with Crippen molar-refractivity contribution in [3.8, 4) is 0 Å². The maximum absolute atomic E-state index is 13.0. The van der Waals surface area contributed by atoms with Gasteiger partial charge in [0.25, 0.3) is 0 Å². The highest BCUT2D eigenvalue weighted by Crippen LogP contribution is 2.49. The van der Waals surface area contributed by atoms with Crippen LogP contribution in [0.3, 0.4) is 0 Å². The number of carbonyl (C=O) groups is 1. The van der Waals surface area contributed by atoms with Crippen LogP contribution in [0, 0.1) is 11.8 Å². The van der Waals surface area contributed by atoms with Gasteiger partial charge in [0.05, 0.1) is 17.0 Å². The molecule has 1 aliphatic heterocycles. The van der Waals surface area contributed by atoms with Gasteiger partial charge in [-0.3, -0.25) is 4.79 Å². The van der Waals surface area contributed by atoms with Crippen LogP contribution in [-0.4, -0.2) is 47.8 Å². The van der Waals surface area contributed by atoms with Crippen molar-refractivity contribution in [2.75, 3.05) is 13.1 Å². The van der Waals surface area contributed by atoms with Gasteiger partial charge in [-0.2, -0.15) is 0 Å². The number of benzene rings is 1. The van der Waals surface area contributed by atoms with E-state index < -0.39 is 20.2 Å². The van der Waals surface area contributed by atoms with Crippen molar-refractivity contribution in [2.24, 2.45) is 11.8 Å². The van der Waals surface area contributed by atoms with Crippen LogP contribution < -0.4 is 0 Å². The van der Waals surface area contributed by atoms with E-state index in [9.17, 15) is 18.3 Å². The number of aliphatic hydroxyl groups is 1. The summed E-state index contributed by atoms with van der Waals surface area (Å²) < 4.78 is 24.6. The molecule has 1 N–H and O–H groups in total. The molecule has 1 heterocycles. The Kier molecular flexibility index (Phi) is 4.04. The van der Waals surface area contributed by atoms with Crippen molar-refractivity contribution < 1.29 is 18.3 Å². The Balaban J connectivity index is 1.89. The molecule has 0 spiro atoms. The first-order chi connectivity index (χ1) is 11.1. The van der Waals surface area contributed by atoms with Gasteiger partial charge < -0.3 is 10.0 Å². The molecular formula is C18H25NO4S. The van der Waals surface area contributed by atoms with Crippen LogP contribution in [0.1, 0.15) is 33.6 Å². The lowest BCUT2D eigenvalue weighted by Crippen LogP contribution is -2.47. The molecule has 2 aliphatic rings. The molecule has 5 nitrogen and oxygen atoms in total. The van der Waals surface area contributed by atoms with Crippen LogP contribution in [0.4, 0.5) is 0 Å². The minimum Gasteiger partial charge on any atom is -0.387 e. The quantitative estimate of drug-likeness (QED) is 0.898. The first kappa shape index (κ1) is 17.4. The van der Waals surface area contributed by atoms with Gasteiger partial charge in [0.15, 0.2) is 14.6 Å². The molecule has 1 amide bonds. The summed E-state index contributed by atoms with van der Waals surface area (Å²) in [6.45, 7) is 6.38. The molecule has 1 saturated carbocycles. The second-order valence-corrected chi connectivity index (χ2v) is 9.80. The number of carbonyl (C=O) groups excluding carboxylic acids is 1. The molecule has 1 saturated heterocycles. The van der Waals surface area contributed by atoms with E-state index >= 15 is 0 Å². The van der Waals surface area contributed by atoms with Gasteiger partial charge in [-0.25, -0.2) is 8.42 Å². The molecule has 2 fully saturated rings. The summed E-state index contributed by atoms with van der Waals surface area (Å²) in [6.07, 6.45) is 0.710. The maximum Gasteiger partial charge on any atom is 0.244 e. The Morgan fingerprint density at radius 2 is 1.83 bits per heavy atom. The highest BCUT2D eigenvalue weighted by atomic mass is 32.2. The standard InChI is InChI=1S/C18H25NO4S/c1-13(2)18(21)12-19(11-14(18)3)16(20)17(9-10-17)24(22,23)15-7-5-4-6-8-15/h4-8,13-14,21H,9-12H2,1-3H3/t14-,18-/m0/s1. The molecule has 132 valence electrons. The molecule has 0 unspecified atom stereocenters. The van der Waals surface area contributed by atoms with Crippen molar-refractivity contribution >= 4 is 15.7 Å². The SMILES string of the molecule is CC(C)[C@@]1(O)CN(C(=O)C2(S(=O)(=O)c3ccccc3)CC2)C[C@@H]1C. The Morgan fingerprint density at radius 3 is 2.29 bits per heavy atom. The van der Waals surface area contributed by atoms with E-state index in [1.807, 2.05) is 20.8 Å². The fourth-order valence-electron chi connectivity index (χ4n) is 3.75. The first-order valence-corrected chi connectivity index (χ1v) is 9.95. The van der Waals surface area contributed by atoms with E-state index in [1.165, 1.54) is 0 Å². The molecule has 3 rings (SSSR count). The predicted octanol–water partition coefficient (Wildman–Crippen LogP) is 1.86. The van der Waals surface area contributed by atoms with Crippen LogP contribution in [0.2, 0.25) is 0 Å². The van der Waals surface area contributed by atoms with Gasteiger partial charge in [-0.05, 0) is 30.9 Å². The van der Waals surface area contributed by atoms with E-state index in [0.717, 1.165) is 0 Å². The molecule has 1 aliphatic carbocycles. The van der Waals surface area contributed by atoms with E-state index in [1.54, 1.807) is 35.2 Å². The Labute approximate surface area is 143 Å². The molecule has 24 heavy (non-hydrogen) atoms. The molecule has 6 heteroatoms. The number of nitrogens with zero attached hydrogens (tertiary/aromatic N) is 1. The van der Waals surface area contributed by atoms with E-state index in [0.29, 0.717) is 19.4 Å². The third-order valence-corrected chi connectivity index (χ3v) is 8.24. The van der Waals surface area contributed by atoms with Gasteiger partial charge in [-0.15, -0.1) is 0 Å². The highest BCUT2D eigenvalue weighted by Gasteiger charge is 2.64. The average Bonchev–Trinajstić information content (AvgIpc) is 3.30. The lowest BCUT2D eigenvalue weighted by molar-refractivity contribution is -0.131. The van der Waals surface area contributed by atoms with Crippen molar-refractivity contribution in [3.05, 3.63) is 30.3 Å². The monoisotopic (exact) mass is 351 g/mol. The van der Waals surface area contributed by atoms with E-state index in [4.69, 9.17) is 0 Å². The molecule has 0 radical (unpaired) electrons. The fourth-order valence-corrected chi connectivity index (χ4v) is 5.71. The number of hydrogen-bond acceptors (Lipinski definition) is 4. The van der Waals surface area contributed by atoms with Crippen LogP contribution in [-0.2, 0) is 14.6 Å². The Bertz CT molecular complexity index is 740. The summed E-state index contributed by atoms with van der Waals surface area (Å²) in [5.41, 5.74) is -0.956. The maximum atomic E-state index is 13.0. The number of rotatable bonds is 4. The molecule has 1 aromatic rings. The number of β-amino-alcohol motifs (C(OH)–C–C–N with tert-alkyl or cyclic N) is 1. The summed E-state index contributed by atoms with van der Waals surface area (Å²) in [7, 11) is -3.71. The number of sulfone groups is 1. The van der Waals surface area contributed by atoms with Gasteiger partial charge in [-0.1, -0.05) is 39.0 Å². The van der Waals surface area contributed by atoms with Gasteiger partial charge >= 0.3 is 0 Å². The minimum atomic E-state index is -3.71. The largest absolute Gasteiger partial charge is 0.387 e. The lowest BCUT2D eigenvalue weighted by atomic mass is 9.82. The first-order valence-electron chi connectivity index (χ1n) is 8.46. The molecule has 2 atom stereocenters. The van der Waals surface area contributed by atoms with Gasteiger partial charge in [0.2, 0.25) is 5.91 Å². The fraction of sp³-hybridized carbons (Fsp3) is 0.611. The number of hydrogen-bond donors (Lipinski definition) is 1. The molecule has 0 aromatic heterocycles. The average molecular weight is 351 g/mol. The van der Waals surface area contributed by atoms with Crippen LogP contribution in [0.5, 0.6) is 0 Å². The summed E-state index contributed by atoms with van der Waals surface area (Å²) in [5.74, 6) is -0.419. The highest BCUT2D eigenvalue weighted by molar-refractivity contribution is 7.94. The van der Waals surface area contributed by atoms with Gasteiger partial charge in [0.1, 0.15) is 0 Å². The third-order valence-electron chi connectivity index (χ3n) is 5.74. The minimum absolute atomic E-state index is 0.00573. The zero-order chi connectivity index (χ0) is 17.8. The Morgan fingerprint density at radius 1 is 1.25 bits per heavy atom. The molecule has 1 aromatic carbocycles. The Hall–Kier alpha value is -1.40. The summed E-state index contributed by atoms with van der Waals surface area (Å²) >= 11 is 0. The van der Waals surface area contributed by atoms with E-state index in [-0.39, 0.29) is 29.2 Å². The van der Waals surface area contributed by atoms with Crippen molar-refractivity contribution in [1.29, 1.82) is 0 Å². The van der Waals surface area contributed by atoms with Crippen LogP contribution in [0.15, 0.2) is 35.2 Å². The molecular weight excluding hydrogens is 326 g/mol. The smallest absolute Gasteiger partial charge is 0.244 e. The van der Waals surface area contributed by atoms with Crippen molar-refractivity contribution in [2.45, 2.75) is 48.9 Å². The number of likely N-dealkylation sites (tertiary alicyclic amines) is 1. The normalized spacial score (nSPS) is 29.0. The zero-order valence-corrected chi connectivity index (χ0v) is 15.2. The topological polar surface area (TPSA) is 74.7 Å². The molecule has 0 bridgehead atoms. The lowest BCUT2D eigenvalue weighted by Gasteiger charge is -2.31. The van der Waals surface area contributed by atoms with Crippen LogP contribution >= 0.6 is 0 Å². The summed E-state index contributed by atoms with van der Waals surface area (Å²) in [6, 6.07) is 8.18. The predicted molar refractivity (Wildman–Crippen MR) is 91.1 cm³/mol. The van der Waals surface area contributed by atoms with Crippen molar-refractivity contribution in [1.82, 2.24) is 4.90 Å². The summed E-state index contributed by atoms with van der Waals surface area (Å²) in [4.78, 5) is 14.8. The van der Waals surface area contributed by atoms with Crippen molar-refractivity contribution in [3.63, 3.8) is 0 Å². The third kappa shape index (κ3) is 2.39. The number of amides is 1. The second-order valence-electron chi connectivity index (χ2n) is 7.54. The zero-order valence-electron chi connectivity index (χ0n) is 14.4. The van der Waals surface area contributed by atoms with E-state index in [2.05, 4.69) is 0 Å². The summed E-state index contributed by atoms with van der Waals surface area (Å²) in [5, 5.41) is 10.8. The second kappa shape index (κ2) is 5.56.